The van der Waals surface area contributed by atoms with Gasteiger partial charge in [0.15, 0.2) is 5.82 Å². The highest BCUT2D eigenvalue weighted by Gasteiger charge is 2.28. The Bertz CT molecular complexity index is 1080. The number of halogens is 2. The normalized spacial score (nSPS) is 18.6. The van der Waals surface area contributed by atoms with Crippen molar-refractivity contribution < 1.29 is 9.13 Å². The first-order valence-electron chi connectivity index (χ1n) is 10.5. The number of rotatable bonds is 7. The molecule has 0 spiro atoms. The Labute approximate surface area is 186 Å². The Morgan fingerprint density at radius 1 is 1.29 bits per heavy atom. The van der Waals surface area contributed by atoms with Crippen LogP contribution in [-0.4, -0.2) is 47.7 Å². The Morgan fingerprint density at radius 3 is 2.84 bits per heavy atom. The molecule has 0 radical (unpaired) electrons. The molecule has 8 heteroatoms. The van der Waals surface area contributed by atoms with Gasteiger partial charge in [0.05, 0.1) is 23.3 Å². The van der Waals surface area contributed by atoms with E-state index in [1.807, 2.05) is 12.1 Å². The maximum absolute atomic E-state index is 14.4. The third kappa shape index (κ3) is 4.44. The summed E-state index contributed by atoms with van der Waals surface area (Å²) in [7, 11) is 1.67. The zero-order valence-corrected chi connectivity index (χ0v) is 18.7. The molecule has 2 heterocycles. The highest BCUT2D eigenvalue weighted by atomic mass is 35.5. The maximum atomic E-state index is 14.4. The van der Waals surface area contributed by atoms with Gasteiger partial charge in [0, 0.05) is 36.1 Å². The van der Waals surface area contributed by atoms with Gasteiger partial charge in [-0.05, 0) is 37.2 Å². The fraction of sp³-hybridized carbons (Fsp3) is 0.391. The van der Waals surface area contributed by atoms with E-state index in [2.05, 4.69) is 39.3 Å². The average Bonchev–Trinajstić information content (AvgIpc) is 3.20. The molecule has 0 saturated carbocycles. The number of hydrogen-bond acceptors (Lipinski definition) is 6. The molecule has 1 fully saturated rings. The molecule has 1 saturated heterocycles. The molecule has 1 aliphatic rings. The van der Waals surface area contributed by atoms with Crippen molar-refractivity contribution in [3.8, 4) is 5.75 Å². The molecule has 4 rings (SSSR count). The topological polar surface area (TPSA) is 62.3 Å². The molecule has 0 amide bonds. The van der Waals surface area contributed by atoms with Gasteiger partial charge in [-0.1, -0.05) is 31.5 Å². The summed E-state index contributed by atoms with van der Waals surface area (Å²) >= 11 is 5.94. The smallest absolute Gasteiger partial charge is 0.165 e. The summed E-state index contributed by atoms with van der Waals surface area (Å²) in [6, 6.07) is 9.26. The van der Waals surface area contributed by atoms with E-state index in [4.69, 9.17) is 16.3 Å². The molecule has 0 bridgehead atoms. The van der Waals surface area contributed by atoms with Crippen molar-refractivity contribution in [2.75, 3.05) is 32.1 Å². The third-order valence-corrected chi connectivity index (χ3v) is 6.26. The van der Waals surface area contributed by atoms with Crippen molar-refractivity contribution in [1.29, 1.82) is 0 Å². The van der Waals surface area contributed by atoms with Crippen LogP contribution in [0.5, 0.6) is 5.75 Å². The van der Waals surface area contributed by atoms with E-state index in [1.54, 1.807) is 19.2 Å². The number of aromatic nitrogens is 2. The summed E-state index contributed by atoms with van der Waals surface area (Å²) in [5.41, 5.74) is 2.03. The van der Waals surface area contributed by atoms with Crippen LogP contribution in [0.15, 0.2) is 36.7 Å². The van der Waals surface area contributed by atoms with Gasteiger partial charge in [-0.15, -0.1) is 0 Å². The molecule has 2 aromatic carbocycles. The Hall–Kier alpha value is -2.48. The van der Waals surface area contributed by atoms with Crippen LogP contribution in [0.3, 0.4) is 0 Å². The second kappa shape index (κ2) is 9.34. The fourth-order valence-electron chi connectivity index (χ4n) is 4.24. The number of fused-ring (bicyclic) bond motifs is 1. The fourth-order valence-corrected chi connectivity index (χ4v) is 4.41. The van der Waals surface area contributed by atoms with E-state index in [1.165, 1.54) is 12.4 Å². The third-order valence-electron chi connectivity index (χ3n) is 5.97. The lowest BCUT2D eigenvalue weighted by Gasteiger charge is -2.30. The molecular formula is C23H27ClFN5O. The van der Waals surface area contributed by atoms with Crippen molar-refractivity contribution in [2.24, 2.45) is 5.92 Å². The van der Waals surface area contributed by atoms with Crippen LogP contribution in [-0.2, 0) is 6.54 Å². The maximum Gasteiger partial charge on any atom is 0.165 e. The molecule has 1 aromatic heterocycles. The molecule has 1 aliphatic heterocycles. The molecule has 3 aromatic rings. The van der Waals surface area contributed by atoms with Crippen molar-refractivity contribution in [1.82, 2.24) is 20.2 Å². The Balaban J connectivity index is 1.72. The van der Waals surface area contributed by atoms with E-state index in [0.29, 0.717) is 17.8 Å². The molecule has 164 valence electrons. The van der Waals surface area contributed by atoms with Crippen LogP contribution in [0.25, 0.3) is 10.9 Å². The zero-order valence-electron chi connectivity index (χ0n) is 18.0. The quantitative estimate of drug-likeness (QED) is 0.556. The predicted octanol–water partition coefficient (Wildman–Crippen LogP) is 4.60. The second-order valence-electron chi connectivity index (χ2n) is 7.90. The van der Waals surface area contributed by atoms with E-state index in [9.17, 15) is 4.39 Å². The highest BCUT2D eigenvalue weighted by molar-refractivity contribution is 6.31. The van der Waals surface area contributed by atoms with Gasteiger partial charge in [-0.2, -0.15) is 0 Å². The van der Waals surface area contributed by atoms with Gasteiger partial charge in [-0.25, -0.2) is 14.4 Å². The second-order valence-corrected chi connectivity index (χ2v) is 8.30. The van der Waals surface area contributed by atoms with Crippen LogP contribution in [0, 0.1) is 11.7 Å². The molecule has 2 N–H and O–H groups in total. The zero-order chi connectivity index (χ0) is 22.0. The number of nitrogens with one attached hydrogen (secondary N) is 2. The Kier molecular flexibility index (Phi) is 6.55. The molecule has 0 aliphatic carbocycles. The number of methoxy groups -OCH3 is 1. The molecule has 6 nitrogen and oxygen atoms in total. The first-order valence-corrected chi connectivity index (χ1v) is 10.9. The summed E-state index contributed by atoms with van der Waals surface area (Å²) in [5, 5.41) is 7.41. The van der Waals surface area contributed by atoms with Gasteiger partial charge in [-0.3, -0.25) is 4.90 Å². The lowest BCUT2D eigenvalue weighted by Crippen LogP contribution is -2.39. The Morgan fingerprint density at radius 2 is 2.13 bits per heavy atom. The SMILES string of the molecule is CCN(Cc1cc2c(Nc3cccc(Cl)c3F)ncnc2cc1OC)C1CNCC1C. The number of likely N-dealkylation sites (N-methyl/N-ethyl adjacent to an activating group) is 1. The average molecular weight is 444 g/mol. The largest absolute Gasteiger partial charge is 0.496 e. The minimum Gasteiger partial charge on any atom is -0.496 e. The van der Waals surface area contributed by atoms with Gasteiger partial charge in [0.1, 0.15) is 17.9 Å². The van der Waals surface area contributed by atoms with Crippen molar-refractivity contribution in [2.45, 2.75) is 26.4 Å². The van der Waals surface area contributed by atoms with Crippen molar-refractivity contribution in [3.05, 3.63) is 53.1 Å². The lowest BCUT2D eigenvalue weighted by molar-refractivity contribution is 0.177. The molecular weight excluding hydrogens is 417 g/mol. The van der Waals surface area contributed by atoms with Crippen molar-refractivity contribution >= 4 is 34.0 Å². The lowest BCUT2D eigenvalue weighted by atomic mass is 10.0. The number of nitrogens with zero attached hydrogens (tertiary/aromatic N) is 3. The van der Waals surface area contributed by atoms with E-state index in [0.717, 1.165) is 48.4 Å². The van der Waals surface area contributed by atoms with Crippen LogP contribution in [0.1, 0.15) is 19.4 Å². The van der Waals surface area contributed by atoms with E-state index in [-0.39, 0.29) is 10.7 Å². The number of anilines is 2. The van der Waals surface area contributed by atoms with Crippen LogP contribution >= 0.6 is 11.6 Å². The summed E-state index contributed by atoms with van der Waals surface area (Å²) in [5.74, 6) is 1.37. The van der Waals surface area contributed by atoms with E-state index >= 15 is 0 Å². The van der Waals surface area contributed by atoms with Gasteiger partial charge < -0.3 is 15.4 Å². The van der Waals surface area contributed by atoms with Crippen LogP contribution in [0.4, 0.5) is 15.9 Å². The van der Waals surface area contributed by atoms with Gasteiger partial charge in [0.2, 0.25) is 0 Å². The van der Waals surface area contributed by atoms with Crippen molar-refractivity contribution in [3.63, 3.8) is 0 Å². The highest BCUT2D eigenvalue weighted by Crippen LogP contribution is 2.32. The summed E-state index contributed by atoms with van der Waals surface area (Å²) < 4.78 is 20.1. The number of benzene rings is 2. The molecule has 2 atom stereocenters. The first kappa shape index (κ1) is 21.7. The summed E-state index contributed by atoms with van der Waals surface area (Å²) in [6.45, 7) is 8.14. The first-order chi connectivity index (χ1) is 15.0. The number of hydrogen-bond donors (Lipinski definition) is 2. The van der Waals surface area contributed by atoms with Gasteiger partial charge >= 0.3 is 0 Å². The van der Waals surface area contributed by atoms with E-state index < -0.39 is 5.82 Å². The minimum absolute atomic E-state index is 0.0589. The standard InChI is InChI=1S/C23H27ClFN5O/c1-4-30(20-11-26-10-14(20)2)12-15-8-16-19(9-21(15)31-3)27-13-28-23(16)29-18-7-5-6-17(24)22(18)25/h5-9,13-14,20,26H,4,10-12H2,1-3H3,(H,27,28,29). The monoisotopic (exact) mass is 443 g/mol. The van der Waals surface area contributed by atoms with Crippen LogP contribution in [0.2, 0.25) is 5.02 Å². The van der Waals surface area contributed by atoms with Gasteiger partial charge in [0.25, 0.3) is 0 Å². The molecule has 31 heavy (non-hydrogen) atoms. The molecule has 2 unspecified atom stereocenters. The minimum atomic E-state index is -0.510. The number of ether oxygens (including phenoxy) is 1. The van der Waals surface area contributed by atoms with Crippen LogP contribution < -0.4 is 15.4 Å². The predicted molar refractivity (Wildman–Crippen MR) is 123 cm³/mol. The summed E-state index contributed by atoms with van der Waals surface area (Å²) in [6.07, 6.45) is 1.45. The summed E-state index contributed by atoms with van der Waals surface area (Å²) in [4.78, 5) is 11.2.